The lowest BCUT2D eigenvalue weighted by atomic mass is 9.54. The molecular weight excluding hydrogens is 244 g/mol. The van der Waals surface area contributed by atoms with Crippen LogP contribution in [0.5, 0.6) is 0 Å². The number of hydrogen-bond donors (Lipinski definition) is 1. The normalized spacial score (nSPS) is 40.3. The van der Waals surface area contributed by atoms with Gasteiger partial charge in [0.1, 0.15) is 5.60 Å². The Kier molecular flexibility index (Phi) is 2.91. The van der Waals surface area contributed by atoms with Crippen LogP contribution >= 0.6 is 0 Å². The Morgan fingerprint density at radius 2 is 1.58 bits per heavy atom. The number of carboxylic acids is 1. The molecule has 4 saturated carbocycles. The third-order valence-electron chi connectivity index (χ3n) is 4.97. The molecule has 0 aromatic heterocycles. The Labute approximate surface area is 112 Å². The highest BCUT2D eigenvalue weighted by molar-refractivity contribution is 5.94. The number of ether oxygens (including phenoxy) is 1. The zero-order valence-electron chi connectivity index (χ0n) is 11.2. The zero-order valence-corrected chi connectivity index (χ0v) is 11.2. The van der Waals surface area contributed by atoms with Crippen LogP contribution in [-0.4, -0.2) is 22.6 Å². The molecule has 104 valence electrons. The summed E-state index contributed by atoms with van der Waals surface area (Å²) in [5.41, 5.74) is -0.254. The van der Waals surface area contributed by atoms with Crippen molar-refractivity contribution < 1.29 is 19.4 Å². The molecule has 0 saturated heterocycles. The molecule has 4 bridgehead atoms. The second-order valence-electron chi connectivity index (χ2n) is 6.65. The summed E-state index contributed by atoms with van der Waals surface area (Å²) in [4.78, 5) is 22.6. The maximum absolute atomic E-state index is 11.9. The standard InChI is InChI=1S/C15H20O4/c1-9(14(17)18)2-13(16)19-15-6-10-3-11(7-15)5-12(4-10)8-15/h2,10-12H,3-8H2,1H3,(H,17,18). The molecule has 19 heavy (non-hydrogen) atoms. The van der Waals surface area contributed by atoms with E-state index in [2.05, 4.69) is 0 Å². The van der Waals surface area contributed by atoms with Crippen LogP contribution in [0.15, 0.2) is 11.6 Å². The lowest BCUT2D eigenvalue weighted by Crippen LogP contribution is -2.52. The van der Waals surface area contributed by atoms with E-state index in [0.717, 1.165) is 25.3 Å². The second kappa shape index (κ2) is 4.36. The van der Waals surface area contributed by atoms with Crippen LogP contribution in [0.25, 0.3) is 0 Å². The molecule has 0 aromatic rings. The molecule has 0 unspecified atom stereocenters. The Bertz CT molecular complexity index is 414. The summed E-state index contributed by atoms with van der Waals surface area (Å²) in [6.07, 6.45) is 7.92. The van der Waals surface area contributed by atoms with Gasteiger partial charge >= 0.3 is 11.9 Å². The van der Waals surface area contributed by atoms with Crippen LogP contribution in [-0.2, 0) is 14.3 Å². The van der Waals surface area contributed by atoms with Gasteiger partial charge in [-0.25, -0.2) is 9.59 Å². The van der Waals surface area contributed by atoms with Gasteiger partial charge in [0.15, 0.2) is 0 Å². The van der Waals surface area contributed by atoms with Crippen molar-refractivity contribution in [1.29, 1.82) is 0 Å². The third kappa shape index (κ3) is 2.40. The molecule has 0 spiro atoms. The maximum atomic E-state index is 11.9. The van der Waals surface area contributed by atoms with E-state index >= 15 is 0 Å². The first kappa shape index (κ1) is 12.7. The summed E-state index contributed by atoms with van der Waals surface area (Å²) < 4.78 is 5.69. The van der Waals surface area contributed by atoms with Crippen LogP contribution in [0.1, 0.15) is 45.4 Å². The van der Waals surface area contributed by atoms with E-state index in [1.54, 1.807) is 0 Å². The molecule has 4 nitrogen and oxygen atoms in total. The van der Waals surface area contributed by atoms with Crippen molar-refractivity contribution in [2.24, 2.45) is 17.8 Å². The molecule has 4 rings (SSSR count). The van der Waals surface area contributed by atoms with E-state index in [1.807, 2.05) is 0 Å². The van der Waals surface area contributed by atoms with Gasteiger partial charge in [0.05, 0.1) is 0 Å². The van der Waals surface area contributed by atoms with E-state index in [1.165, 1.54) is 26.2 Å². The Hall–Kier alpha value is -1.32. The molecule has 0 radical (unpaired) electrons. The van der Waals surface area contributed by atoms with Gasteiger partial charge in [-0.05, 0) is 63.2 Å². The Balaban J connectivity index is 1.71. The van der Waals surface area contributed by atoms with E-state index in [-0.39, 0.29) is 11.2 Å². The highest BCUT2D eigenvalue weighted by atomic mass is 16.6. The van der Waals surface area contributed by atoms with Crippen molar-refractivity contribution in [3.05, 3.63) is 11.6 Å². The van der Waals surface area contributed by atoms with Gasteiger partial charge in [-0.1, -0.05) is 0 Å². The van der Waals surface area contributed by atoms with Gasteiger partial charge in [-0.15, -0.1) is 0 Å². The van der Waals surface area contributed by atoms with Crippen LogP contribution < -0.4 is 0 Å². The predicted molar refractivity (Wildman–Crippen MR) is 68.4 cm³/mol. The minimum absolute atomic E-state index is 0.0368. The van der Waals surface area contributed by atoms with Gasteiger partial charge in [0.25, 0.3) is 0 Å². The average Bonchev–Trinajstić information content (AvgIpc) is 2.25. The fraction of sp³-hybridized carbons (Fsp3) is 0.733. The summed E-state index contributed by atoms with van der Waals surface area (Å²) in [7, 11) is 0. The van der Waals surface area contributed by atoms with Gasteiger partial charge in [0, 0.05) is 11.6 Å². The van der Waals surface area contributed by atoms with Crippen molar-refractivity contribution in [1.82, 2.24) is 0 Å². The number of carboxylic acid groups (broad SMARTS) is 1. The Morgan fingerprint density at radius 1 is 1.11 bits per heavy atom. The van der Waals surface area contributed by atoms with Crippen molar-refractivity contribution >= 4 is 11.9 Å². The monoisotopic (exact) mass is 264 g/mol. The van der Waals surface area contributed by atoms with Gasteiger partial charge in [-0.2, -0.15) is 0 Å². The molecule has 0 heterocycles. The molecule has 4 aliphatic rings. The summed E-state index contributed by atoms with van der Waals surface area (Å²) in [5, 5.41) is 8.78. The molecule has 1 N–H and O–H groups in total. The topological polar surface area (TPSA) is 63.6 Å². The molecule has 4 heteroatoms. The molecule has 4 fully saturated rings. The summed E-state index contributed by atoms with van der Waals surface area (Å²) in [6, 6.07) is 0. The van der Waals surface area contributed by atoms with Crippen LogP contribution in [0, 0.1) is 17.8 Å². The summed E-state index contributed by atoms with van der Waals surface area (Å²) in [6.45, 7) is 1.42. The van der Waals surface area contributed by atoms with Crippen molar-refractivity contribution in [2.45, 2.75) is 51.0 Å². The Morgan fingerprint density at radius 3 is 2.00 bits per heavy atom. The smallest absolute Gasteiger partial charge is 0.331 e. The van der Waals surface area contributed by atoms with E-state index in [4.69, 9.17) is 9.84 Å². The number of esters is 1. The number of carbonyl (C=O) groups is 2. The molecule has 0 aliphatic heterocycles. The first-order valence-corrected chi connectivity index (χ1v) is 7.10. The number of hydrogen-bond acceptors (Lipinski definition) is 3. The largest absolute Gasteiger partial charge is 0.478 e. The molecule has 4 aliphatic carbocycles. The minimum atomic E-state index is -1.07. The highest BCUT2D eigenvalue weighted by Crippen LogP contribution is 2.57. The summed E-state index contributed by atoms with van der Waals surface area (Å²) in [5.74, 6) is 0.583. The fourth-order valence-electron chi connectivity index (χ4n) is 4.64. The van der Waals surface area contributed by atoms with Crippen LogP contribution in [0.4, 0.5) is 0 Å². The molecular formula is C15H20O4. The minimum Gasteiger partial charge on any atom is -0.478 e. The third-order valence-corrected chi connectivity index (χ3v) is 4.97. The van der Waals surface area contributed by atoms with E-state index in [0.29, 0.717) is 17.8 Å². The van der Waals surface area contributed by atoms with E-state index < -0.39 is 11.9 Å². The number of carbonyl (C=O) groups excluding carboxylic acids is 1. The quantitative estimate of drug-likeness (QED) is 0.628. The van der Waals surface area contributed by atoms with E-state index in [9.17, 15) is 9.59 Å². The first-order valence-electron chi connectivity index (χ1n) is 7.10. The van der Waals surface area contributed by atoms with Gasteiger partial charge < -0.3 is 9.84 Å². The average molecular weight is 264 g/mol. The first-order chi connectivity index (χ1) is 8.96. The SMILES string of the molecule is CC(=CC(=O)OC12CC3CC(CC(C3)C1)C2)C(=O)O. The maximum Gasteiger partial charge on any atom is 0.331 e. The lowest BCUT2D eigenvalue weighted by molar-refractivity contribution is -0.181. The number of rotatable bonds is 3. The van der Waals surface area contributed by atoms with Gasteiger partial charge in [0.2, 0.25) is 0 Å². The second-order valence-corrected chi connectivity index (χ2v) is 6.65. The lowest BCUT2D eigenvalue weighted by Gasteiger charge is -2.55. The predicted octanol–water partition coefficient (Wildman–Crippen LogP) is 2.53. The van der Waals surface area contributed by atoms with Crippen molar-refractivity contribution in [3.8, 4) is 0 Å². The van der Waals surface area contributed by atoms with Crippen LogP contribution in [0.2, 0.25) is 0 Å². The van der Waals surface area contributed by atoms with Gasteiger partial charge in [-0.3, -0.25) is 0 Å². The molecule has 0 amide bonds. The van der Waals surface area contributed by atoms with Crippen molar-refractivity contribution in [2.75, 3.05) is 0 Å². The molecule has 0 aromatic carbocycles. The van der Waals surface area contributed by atoms with Crippen molar-refractivity contribution in [3.63, 3.8) is 0 Å². The molecule has 0 atom stereocenters. The fourth-order valence-corrected chi connectivity index (χ4v) is 4.64. The zero-order chi connectivity index (χ0) is 13.6. The van der Waals surface area contributed by atoms with Crippen LogP contribution in [0.3, 0.4) is 0 Å². The summed E-state index contributed by atoms with van der Waals surface area (Å²) >= 11 is 0. The highest BCUT2D eigenvalue weighted by Gasteiger charge is 2.53. The number of aliphatic carboxylic acids is 1.